The van der Waals surface area contributed by atoms with Gasteiger partial charge in [0.1, 0.15) is 5.82 Å². The van der Waals surface area contributed by atoms with Gasteiger partial charge in [0.15, 0.2) is 0 Å². The van der Waals surface area contributed by atoms with Crippen LogP contribution in [0, 0.1) is 12.7 Å². The van der Waals surface area contributed by atoms with Gasteiger partial charge in [-0.15, -0.1) is 12.4 Å². The van der Waals surface area contributed by atoms with Crippen molar-refractivity contribution in [3.05, 3.63) is 29.6 Å². The quantitative estimate of drug-likeness (QED) is 0.897. The van der Waals surface area contributed by atoms with Crippen LogP contribution in [-0.4, -0.2) is 18.0 Å². The van der Waals surface area contributed by atoms with Gasteiger partial charge in [-0.1, -0.05) is 6.92 Å². The first-order valence-electron chi connectivity index (χ1n) is 6.40. The average molecular weight is 287 g/mol. The highest BCUT2D eigenvalue weighted by molar-refractivity contribution is 5.98. The van der Waals surface area contributed by atoms with Crippen LogP contribution >= 0.6 is 12.4 Å². The molecule has 3 nitrogen and oxygen atoms in total. The van der Waals surface area contributed by atoms with E-state index in [2.05, 4.69) is 10.6 Å². The van der Waals surface area contributed by atoms with Crippen LogP contribution < -0.4 is 10.6 Å². The van der Waals surface area contributed by atoms with Gasteiger partial charge in [0, 0.05) is 5.69 Å². The van der Waals surface area contributed by atoms with Crippen LogP contribution in [0.4, 0.5) is 10.1 Å². The van der Waals surface area contributed by atoms with Crippen molar-refractivity contribution < 1.29 is 9.18 Å². The second-order valence-electron chi connectivity index (χ2n) is 4.88. The molecule has 0 saturated carbocycles. The molecule has 2 rings (SSSR count). The number of hydrogen-bond donors (Lipinski definition) is 2. The van der Waals surface area contributed by atoms with Gasteiger partial charge < -0.3 is 10.6 Å². The highest BCUT2D eigenvalue weighted by atomic mass is 35.5. The molecule has 1 aliphatic rings. The Morgan fingerprint density at radius 3 is 2.79 bits per heavy atom. The van der Waals surface area contributed by atoms with E-state index in [0.717, 1.165) is 31.4 Å². The molecule has 0 spiro atoms. The monoisotopic (exact) mass is 286 g/mol. The molecule has 1 aliphatic heterocycles. The third-order valence-corrected chi connectivity index (χ3v) is 3.72. The molecule has 1 atom stereocenters. The van der Waals surface area contributed by atoms with E-state index < -0.39 is 5.54 Å². The third kappa shape index (κ3) is 3.25. The van der Waals surface area contributed by atoms with E-state index in [1.807, 2.05) is 6.92 Å². The molecule has 1 unspecified atom stereocenters. The Labute approximate surface area is 119 Å². The normalized spacial score (nSPS) is 21.8. The molecule has 1 fully saturated rings. The number of amides is 1. The van der Waals surface area contributed by atoms with Crippen molar-refractivity contribution in [2.75, 3.05) is 11.9 Å². The number of aryl methyl sites for hydroxylation is 1. The van der Waals surface area contributed by atoms with Crippen LogP contribution in [0.1, 0.15) is 31.7 Å². The summed E-state index contributed by atoms with van der Waals surface area (Å²) in [5, 5.41) is 6.19. The highest BCUT2D eigenvalue weighted by Gasteiger charge is 2.39. The van der Waals surface area contributed by atoms with Crippen molar-refractivity contribution in [2.45, 2.75) is 38.6 Å². The molecule has 1 heterocycles. The molecule has 2 N–H and O–H groups in total. The molecule has 0 radical (unpaired) electrons. The number of halogens is 2. The summed E-state index contributed by atoms with van der Waals surface area (Å²) in [6, 6.07) is 4.40. The third-order valence-electron chi connectivity index (χ3n) is 3.72. The lowest BCUT2D eigenvalue weighted by molar-refractivity contribution is -0.122. The van der Waals surface area contributed by atoms with Crippen molar-refractivity contribution in [3.8, 4) is 0 Å². The lowest BCUT2D eigenvalue weighted by Gasteiger charge is -2.27. The maximum atomic E-state index is 13.0. The second kappa shape index (κ2) is 6.35. The molecule has 0 bridgehead atoms. The Bertz CT molecular complexity index is 459. The predicted molar refractivity (Wildman–Crippen MR) is 77.3 cm³/mol. The van der Waals surface area contributed by atoms with E-state index in [1.54, 1.807) is 13.0 Å². The van der Waals surface area contributed by atoms with Crippen LogP contribution in [0.15, 0.2) is 18.2 Å². The van der Waals surface area contributed by atoms with Gasteiger partial charge in [0.05, 0.1) is 5.54 Å². The summed E-state index contributed by atoms with van der Waals surface area (Å²) in [6.45, 7) is 4.68. The topological polar surface area (TPSA) is 41.1 Å². The minimum atomic E-state index is -0.458. The largest absolute Gasteiger partial charge is 0.324 e. The molecule has 0 aliphatic carbocycles. The standard InChI is InChI=1S/C14H19FN2O.ClH/c1-3-14(7-4-8-16-14)13(18)17-12-6-5-11(15)9-10(12)2;/h5-6,9,16H,3-4,7-8H2,1-2H3,(H,17,18);1H. The molecule has 1 aromatic carbocycles. The van der Waals surface area contributed by atoms with E-state index in [4.69, 9.17) is 0 Å². The van der Waals surface area contributed by atoms with E-state index in [0.29, 0.717) is 5.69 Å². The van der Waals surface area contributed by atoms with Gasteiger partial charge in [-0.25, -0.2) is 4.39 Å². The van der Waals surface area contributed by atoms with Gasteiger partial charge in [-0.05, 0) is 56.5 Å². The summed E-state index contributed by atoms with van der Waals surface area (Å²) in [4.78, 5) is 12.3. The highest BCUT2D eigenvalue weighted by Crippen LogP contribution is 2.25. The Hall–Kier alpha value is -1.13. The van der Waals surface area contributed by atoms with E-state index in [9.17, 15) is 9.18 Å². The van der Waals surface area contributed by atoms with Crippen LogP contribution in [0.3, 0.4) is 0 Å². The maximum absolute atomic E-state index is 13.0. The van der Waals surface area contributed by atoms with E-state index >= 15 is 0 Å². The zero-order valence-electron chi connectivity index (χ0n) is 11.3. The zero-order chi connectivity index (χ0) is 13.2. The zero-order valence-corrected chi connectivity index (χ0v) is 12.1. The number of benzene rings is 1. The molecule has 19 heavy (non-hydrogen) atoms. The smallest absolute Gasteiger partial charge is 0.244 e. The second-order valence-corrected chi connectivity index (χ2v) is 4.88. The number of carbonyl (C=O) groups is 1. The minimum absolute atomic E-state index is 0. The predicted octanol–water partition coefficient (Wildman–Crippen LogP) is 3.03. The first-order valence-corrected chi connectivity index (χ1v) is 6.40. The van der Waals surface area contributed by atoms with E-state index in [-0.39, 0.29) is 24.1 Å². The van der Waals surface area contributed by atoms with Gasteiger partial charge in [-0.2, -0.15) is 0 Å². The fraction of sp³-hybridized carbons (Fsp3) is 0.500. The number of nitrogens with one attached hydrogen (secondary N) is 2. The van der Waals surface area contributed by atoms with Crippen molar-refractivity contribution in [2.24, 2.45) is 0 Å². The lowest BCUT2D eigenvalue weighted by Crippen LogP contribution is -2.50. The van der Waals surface area contributed by atoms with Gasteiger partial charge in [-0.3, -0.25) is 4.79 Å². The van der Waals surface area contributed by atoms with Gasteiger partial charge in [0.25, 0.3) is 0 Å². The van der Waals surface area contributed by atoms with Crippen molar-refractivity contribution in [1.29, 1.82) is 0 Å². The summed E-state index contributed by atoms with van der Waals surface area (Å²) in [5.41, 5.74) is 0.969. The summed E-state index contributed by atoms with van der Waals surface area (Å²) < 4.78 is 13.0. The molecule has 1 aromatic rings. The summed E-state index contributed by atoms with van der Waals surface area (Å²) >= 11 is 0. The van der Waals surface area contributed by atoms with Crippen LogP contribution in [0.2, 0.25) is 0 Å². The van der Waals surface area contributed by atoms with Crippen molar-refractivity contribution in [1.82, 2.24) is 5.32 Å². The molecule has 0 aromatic heterocycles. The van der Waals surface area contributed by atoms with Crippen molar-refractivity contribution in [3.63, 3.8) is 0 Å². The van der Waals surface area contributed by atoms with Gasteiger partial charge >= 0.3 is 0 Å². The SMILES string of the molecule is CCC1(C(=O)Nc2ccc(F)cc2C)CCCN1.Cl. The summed E-state index contributed by atoms with van der Waals surface area (Å²) in [7, 11) is 0. The number of rotatable bonds is 3. The summed E-state index contributed by atoms with van der Waals surface area (Å²) in [5.74, 6) is -0.299. The molecule has 1 saturated heterocycles. The molecule has 5 heteroatoms. The van der Waals surface area contributed by atoms with Crippen LogP contribution in [0.5, 0.6) is 0 Å². The van der Waals surface area contributed by atoms with Gasteiger partial charge in [0.2, 0.25) is 5.91 Å². The molecule has 1 amide bonds. The van der Waals surface area contributed by atoms with E-state index in [1.165, 1.54) is 12.1 Å². The fourth-order valence-electron chi connectivity index (χ4n) is 2.47. The first kappa shape index (κ1) is 15.9. The van der Waals surface area contributed by atoms with Crippen LogP contribution in [0.25, 0.3) is 0 Å². The first-order chi connectivity index (χ1) is 8.57. The lowest BCUT2D eigenvalue weighted by atomic mass is 9.93. The Morgan fingerprint density at radius 2 is 2.26 bits per heavy atom. The average Bonchev–Trinajstić information content (AvgIpc) is 2.82. The number of anilines is 1. The van der Waals surface area contributed by atoms with Crippen molar-refractivity contribution >= 4 is 24.0 Å². The minimum Gasteiger partial charge on any atom is -0.324 e. The number of hydrogen-bond acceptors (Lipinski definition) is 2. The maximum Gasteiger partial charge on any atom is 0.244 e. The molecule has 106 valence electrons. The fourth-order valence-corrected chi connectivity index (χ4v) is 2.47. The summed E-state index contributed by atoms with van der Waals surface area (Å²) in [6.07, 6.45) is 2.64. The molecular formula is C14H20ClFN2O. The Kier molecular flexibility index (Phi) is 5.32. The van der Waals surface area contributed by atoms with Crippen LogP contribution in [-0.2, 0) is 4.79 Å². The number of carbonyl (C=O) groups excluding carboxylic acids is 1. The molecular weight excluding hydrogens is 267 g/mol. The Balaban J connectivity index is 0.00000180. The Morgan fingerprint density at radius 1 is 1.53 bits per heavy atom.